The Morgan fingerprint density at radius 2 is 2.18 bits per heavy atom. The Bertz CT molecular complexity index is 503. The zero-order valence-electron chi connectivity index (χ0n) is 9.26. The lowest BCUT2D eigenvalue weighted by Crippen LogP contribution is -2.09. The second kappa shape index (κ2) is 5.66. The van der Waals surface area contributed by atoms with Gasteiger partial charge in [-0.25, -0.2) is 0 Å². The average Bonchev–Trinajstić information content (AvgIpc) is 2.73. The van der Waals surface area contributed by atoms with Crippen molar-refractivity contribution in [3.63, 3.8) is 0 Å². The minimum atomic E-state index is 0.102. The van der Waals surface area contributed by atoms with Crippen LogP contribution in [0.4, 0.5) is 0 Å². The fourth-order valence-corrected chi connectivity index (χ4v) is 3.06. The molecule has 2 rings (SSSR count). The van der Waals surface area contributed by atoms with Crippen LogP contribution >= 0.6 is 27.7 Å². The molecule has 0 saturated heterocycles. The first-order chi connectivity index (χ1) is 8.20. The van der Waals surface area contributed by atoms with Crippen molar-refractivity contribution in [1.29, 1.82) is 0 Å². The number of aryl methyl sites for hydroxylation is 1. The molecule has 0 saturated carbocycles. The van der Waals surface area contributed by atoms with Gasteiger partial charge in [0, 0.05) is 17.9 Å². The average molecular weight is 314 g/mol. The molecule has 90 valence electrons. The van der Waals surface area contributed by atoms with Crippen LogP contribution < -0.4 is 5.73 Å². The summed E-state index contributed by atoms with van der Waals surface area (Å²) in [5, 5.41) is 8.42. The molecule has 0 spiro atoms. The smallest absolute Gasteiger partial charge is 0.277 e. The fourth-order valence-electron chi connectivity index (χ4n) is 1.42. The van der Waals surface area contributed by atoms with Crippen LogP contribution in [0.5, 0.6) is 0 Å². The second-order valence-corrected chi connectivity index (χ2v) is 5.46. The first kappa shape index (κ1) is 12.6. The largest absolute Gasteiger partial charge is 0.416 e. The summed E-state index contributed by atoms with van der Waals surface area (Å²) in [5.74, 6) is 0.565. The number of aromatic nitrogens is 2. The normalized spacial score (nSPS) is 12.6. The maximum Gasteiger partial charge on any atom is 0.277 e. The van der Waals surface area contributed by atoms with Crippen molar-refractivity contribution in [3.8, 4) is 0 Å². The Morgan fingerprint density at radius 1 is 1.41 bits per heavy atom. The van der Waals surface area contributed by atoms with E-state index in [0.717, 1.165) is 10.0 Å². The summed E-state index contributed by atoms with van der Waals surface area (Å²) in [6.07, 6.45) is 0. The van der Waals surface area contributed by atoms with E-state index in [-0.39, 0.29) is 5.25 Å². The summed E-state index contributed by atoms with van der Waals surface area (Å²) in [7, 11) is 0. The molecule has 0 amide bonds. The molecule has 2 N–H and O–H groups in total. The van der Waals surface area contributed by atoms with Gasteiger partial charge in [-0.3, -0.25) is 0 Å². The summed E-state index contributed by atoms with van der Waals surface area (Å²) in [6.45, 7) is 2.28. The number of nitrogens with zero attached hydrogens (tertiary/aromatic N) is 2. The quantitative estimate of drug-likeness (QED) is 0.879. The van der Waals surface area contributed by atoms with Crippen LogP contribution in [0, 0.1) is 6.92 Å². The van der Waals surface area contributed by atoms with Crippen LogP contribution in [-0.2, 0) is 0 Å². The maximum atomic E-state index is 5.80. The van der Waals surface area contributed by atoms with Crippen LogP contribution in [0.1, 0.15) is 16.7 Å². The van der Waals surface area contributed by atoms with E-state index in [4.69, 9.17) is 10.2 Å². The molecule has 17 heavy (non-hydrogen) atoms. The highest BCUT2D eigenvalue weighted by Crippen LogP contribution is 2.36. The van der Waals surface area contributed by atoms with Crippen molar-refractivity contribution in [2.45, 2.75) is 17.4 Å². The Labute approximate surface area is 112 Å². The van der Waals surface area contributed by atoms with Gasteiger partial charge in [-0.2, -0.15) is 0 Å². The summed E-state index contributed by atoms with van der Waals surface area (Å²) in [4.78, 5) is 0. The molecule has 0 aliphatic rings. The third-order valence-corrected chi connectivity index (χ3v) is 4.04. The van der Waals surface area contributed by atoms with E-state index in [1.165, 1.54) is 11.8 Å². The van der Waals surface area contributed by atoms with Crippen molar-refractivity contribution in [2.75, 3.05) is 6.54 Å². The highest BCUT2D eigenvalue weighted by molar-refractivity contribution is 9.10. The topological polar surface area (TPSA) is 64.9 Å². The Kier molecular flexibility index (Phi) is 4.20. The number of nitrogens with two attached hydrogens (primary N) is 1. The lowest BCUT2D eigenvalue weighted by molar-refractivity contribution is 0.428. The van der Waals surface area contributed by atoms with Crippen LogP contribution in [-0.4, -0.2) is 16.7 Å². The molecule has 0 bridgehead atoms. The molecular formula is C11H12BrN3OS. The molecule has 1 aromatic heterocycles. The number of thioether (sulfide) groups is 1. The van der Waals surface area contributed by atoms with Gasteiger partial charge in [0.1, 0.15) is 0 Å². The van der Waals surface area contributed by atoms with E-state index in [0.29, 0.717) is 17.7 Å². The summed E-state index contributed by atoms with van der Waals surface area (Å²) in [6, 6.07) is 8.00. The van der Waals surface area contributed by atoms with E-state index in [9.17, 15) is 0 Å². The monoisotopic (exact) mass is 313 g/mol. The minimum Gasteiger partial charge on any atom is -0.416 e. The van der Waals surface area contributed by atoms with Crippen molar-refractivity contribution in [1.82, 2.24) is 10.2 Å². The van der Waals surface area contributed by atoms with Gasteiger partial charge in [0.2, 0.25) is 5.89 Å². The Balaban J connectivity index is 2.20. The molecular weight excluding hydrogens is 302 g/mol. The molecule has 1 atom stereocenters. The van der Waals surface area contributed by atoms with Crippen LogP contribution in [0.15, 0.2) is 38.4 Å². The van der Waals surface area contributed by atoms with Gasteiger partial charge in [-0.05, 0) is 11.6 Å². The highest BCUT2D eigenvalue weighted by atomic mass is 79.9. The molecule has 2 aromatic rings. The van der Waals surface area contributed by atoms with Gasteiger partial charge in [0.15, 0.2) is 0 Å². The Hall–Kier alpha value is -0.850. The van der Waals surface area contributed by atoms with E-state index in [1.54, 1.807) is 6.92 Å². The van der Waals surface area contributed by atoms with Gasteiger partial charge in [0.05, 0.1) is 5.25 Å². The minimum absolute atomic E-state index is 0.102. The molecule has 0 aliphatic carbocycles. The zero-order chi connectivity index (χ0) is 12.3. The molecule has 0 fully saturated rings. The SMILES string of the molecule is Cc1nnc(SC(CN)c2ccccc2Br)o1. The van der Waals surface area contributed by atoms with Gasteiger partial charge in [0.25, 0.3) is 5.22 Å². The van der Waals surface area contributed by atoms with Gasteiger partial charge in [-0.1, -0.05) is 45.9 Å². The van der Waals surface area contributed by atoms with Crippen molar-refractivity contribution < 1.29 is 4.42 Å². The summed E-state index contributed by atoms with van der Waals surface area (Å²) < 4.78 is 6.39. The molecule has 4 nitrogen and oxygen atoms in total. The van der Waals surface area contributed by atoms with Crippen LogP contribution in [0.25, 0.3) is 0 Å². The number of hydrogen-bond donors (Lipinski definition) is 1. The lowest BCUT2D eigenvalue weighted by atomic mass is 10.1. The molecule has 1 unspecified atom stereocenters. The molecule has 6 heteroatoms. The predicted molar refractivity (Wildman–Crippen MR) is 70.8 cm³/mol. The summed E-state index contributed by atoms with van der Waals surface area (Å²) in [5.41, 5.74) is 6.93. The van der Waals surface area contributed by atoms with Crippen LogP contribution in [0.2, 0.25) is 0 Å². The third-order valence-electron chi connectivity index (χ3n) is 2.22. The summed E-state index contributed by atoms with van der Waals surface area (Å²) >= 11 is 5.00. The van der Waals surface area contributed by atoms with E-state index < -0.39 is 0 Å². The molecule has 0 radical (unpaired) electrons. The number of rotatable bonds is 4. The van der Waals surface area contributed by atoms with Crippen LogP contribution in [0.3, 0.4) is 0 Å². The standard InChI is InChI=1S/C11H12BrN3OS/c1-7-14-15-11(16-7)17-10(6-13)8-4-2-3-5-9(8)12/h2-5,10H,6,13H2,1H3. The second-order valence-electron chi connectivity index (χ2n) is 3.45. The van der Waals surface area contributed by atoms with Gasteiger partial charge in [-0.15, -0.1) is 10.2 Å². The van der Waals surface area contributed by atoms with E-state index in [1.807, 2.05) is 24.3 Å². The third kappa shape index (κ3) is 3.08. The van der Waals surface area contributed by atoms with E-state index in [2.05, 4.69) is 26.1 Å². The lowest BCUT2D eigenvalue weighted by Gasteiger charge is -2.13. The van der Waals surface area contributed by atoms with Crippen molar-refractivity contribution in [3.05, 3.63) is 40.2 Å². The molecule has 1 aromatic carbocycles. The fraction of sp³-hybridized carbons (Fsp3) is 0.273. The number of benzene rings is 1. The molecule has 1 heterocycles. The molecule has 0 aliphatic heterocycles. The first-order valence-corrected chi connectivity index (χ1v) is 6.79. The highest BCUT2D eigenvalue weighted by Gasteiger charge is 2.17. The maximum absolute atomic E-state index is 5.80. The predicted octanol–water partition coefficient (Wildman–Crippen LogP) is 2.93. The van der Waals surface area contributed by atoms with Gasteiger partial charge >= 0.3 is 0 Å². The van der Waals surface area contributed by atoms with E-state index >= 15 is 0 Å². The first-order valence-electron chi connectivity index (χ1n) is 5.12. The van der Waals surface area contributed by atoms with Crippen molar-refractivity contribution >= 4 is 27.7 Å². The Morgan fingerprint density at radius 3 is 2.76 bits per heavy atom. The number of hydrogen-bond acceptors (Lipinski definition) is 5. The van der Waals surface area contributed by atoms with Gasteiger partial charge < -0.3 is 10.2 Å². The van der Waals surface area contributed by atoms with Crippen molar-refractivity contribution in [2.24, 2.45) is 5.73 Å². The number of halogens is 1. The zero-order valence-corrected chi connectivity index (χ0v) is 11.7.